The van der Waals surface area contributed by atoms with Crippen LogP contribution in [0, 0.1) is 24.9 Å². The molecule has 0 aliphatic rings. The van der Waals surface area contributed by atoms with Crippen molar-refractivity contribution in [3.05, 3.63) is 120 Å². The molecule has 7 aromatic rings. The number of ether oxygens (including phenoxy) is 3. The van der Waals surface area contributed by atoms with Crippen LogP contribution in [0.5, 0.6) is 23.1 Å². The number of hydrogen-bond donors (Lipinski definition) is 0. The van der Waals surface area contributed by atoms with Gasteiger partial charge in [0.2, 0.25) is 5.88 Å². The first-order valence-corrected chi connectivity index (χ1v) is 18.2. The predicted octanol–water partition coefficient (Wildman–Crippen LogP) is 11.6. The fraction of sp³-hybridized carbons (Fsp3) is 0.304. The molecular formula is C46H47FN4O3Pt. The molecule has 0 bridgehead atoms. The molecule has 4 aromatic carbocycles. The molecule has 0 aliphatic heterocycles. The molecule has 3 heterocycles. The summed E-state index contributed by atoms with van der Waals surface area (Å²) in [6.45, 7) is 21.2. The molecule has 9 heteroatoms. The number of rotatable bonds is 7. The number of benzene rings is 4. The monoisotopic (exact) mass is 917 g/mol. The molecule has 3 aromatic heterocycles. The van der Waals surface area contributed by atoms with E-state index in [1.807, 2.05) is 74.7 Å². The molecule has 0 N–H and O–H groups in total. The van der Waals surface area contributed by atoms with Gasteiger partial charge in [0.05, 0.1) is 18.4 Å². The summed E-state index contributed by atoms with van der Waals surface area (Å²) in [6, 6.07) is 31.7. The maximum absolute atomic E-state index is 15.5. The third kappa shape index (κ3) is 8.07. The van der Waals surface area contributed by atoms with Crippen LogP contribution in [-0.2, 0) is 31.9 Å². The van der Waals surface area contributed by atoms with Crippen molar-refractivity contribution in [2.75, 3.05) is 7.11 Å². The zero-order valence-corrected chi connectivity index (χ0v) is 35.6. The average Bonchev–Trinajstić information content (AvgIpc) is 3.60. The molecule has 7 nitrogen and oxygen atoms in total. The molecular weight excluding hydrogens is 871 g/mol. The molecule has 0 aliphatic carbocycles. The summed E-state index contributed by atoms with van der Waals surface area (Å²) in [5.74, 6) is 1.92. The van der Waals surface area contributed by atoms with E-state index in [0.717, 1.165) is 38.6 Å². The number of halogens is 1. The number of aryl methyl sites for hydroxylation is 1. The summed E-state index contributed by atoms with van der Waals surface area (Å²) in [5, 5.41) is 6.86. The van der Waals surface area contributed by atoms with E-state index < -0.39 is 5.82 Å². The number of methoxy groups -OCH3 is 1. The van der Waals surface area contributed by atoms with E-state index >= 15 is 4.39 Å². The summed E-state index contributed by atoms with van der Waals surface area (Å²) >= 11 is 0. The van der Waals surface area contributed by atoms with Crippen molar-refractivity contribution >= 4 is 21.8 Å². The van der Waals surface area contributed by atoms with E-state index in [1.54, 1.807) is 18.0 Å². The molecule has 0 fully saturated rings. The van der Waals surface area contributed by atoms with E-state index in [9.17, 15) is 0 Å². The summed E-state index contributed by atoms with van der Waals surface area (Å²) in [6.07, 6.45) is 1.74. The minimum atomic E-state index is -0.504. The summed E-state index contributed by atoms with van der Waals surface area (Å²) in [7, 11) is 1.61. The van der Waals surface area contributed by atoms with Crippen molar-refractivity contribution in [3.63, 3.8) is 0 Å². The number of pyridine rings is 1. The van der Waals surface area contributed by atoms with Gasteiger partial charge in [-0.3, -0.25) is 0 Å². The molecule has 0 saturated heterocycles. The van der Waals surface area contributed by atoms with E-state index in [2.05, 4.69) is 77.9 Å². The van der Waals surface area contributed by atoms with Crippen LogP contribution in [0.2, 0.25) is 0 Å². The molecule has 0 spiro atoms. The first-order chi connectivity index (χ1) is 25.4. The Hall–Kier alpha value is -4.94. The maximum Gasteiger partial charge on any atom is 2.00 e. The minimum absolute atomic E-state index is 0. The summed E-state index contributed by atoms with van der Waals surface area (Å²) in [4.78, 5) is 4.71. The van der Waals surface area contributed by atoms with Crippen LogP contribution in [-0.4, -0.2) is 32.0 Å². The molecule has 0 unspecified atom stereocenters. The van der Waals surface area contributed by atoms with Gasteiger partial charge in [-0.05, 0) is 78.4 Å². The smallest absolute Gasteiger partial charge is 0.509 e. The molecule has 55 heavy (non-hydrogen) atoms. The Kier molecular flexibility index (Phi) is 10.6. The van der Waals surface area contributed by atoms with E-state index in [1.165, 1.54) is 23.3 Å². The molecule has 0 saturated carbocycles. The Morgan fingerprint density at radius 2 is 1.44 bits per heavy atom. The van der Waals surface area contributed by atoms with Crippen LogP contribution in [0.25, 0.3) is 44.4 Å². The van der Waals surface area contributed by atoms with Gasteiger partial charge in [-0.25, -0.2) is 14.1 Å². The quantitative estimate of drug-likeness (QED) is 0.149. The van der Waals surface area contributed by atoms with E-state index in [-0.39, 0.29) is 43.2 Å². The van der Waals surface area contributed by atoms with Gasteiger partial charge in [-0.1, -0.05) is 89.5 Å². The van der Waals surface area contributed by atoms with Crippen molar-refractivity contribution in [2.45, 2.75) is 85.7 Å². The fourth-order valence-corrected chi connectivity index (χ4v) is 6.72. The second-order valence-corrected chi connectivity index (χ2v) is 16.8. The minimum Gasteiger partial charge on any atom is -0.509 e. The molecule has 0 amide bonds. The summed E-state index contributed by atoms with van der Waals surface area (Å²) < 4.78 is 37.6. The molecule has 286 valence electrons. The summed E-state index contributed by atoms with van der Waals surface area (Å²) in [5.41, 5.74) is 6.52. The second kappa shape index (κ2) is 14.6. The molecule has 7 rings (SSSR count). The van der Waals surface area contributed by atoms with Crippen molar-refractivity contribution in [1.82, 2.24) is 19.3 Å². The Morgan fingerprint density at radius 3 is 2.09 bits per heavy atom. The van der Waals surface area contributed by atoms with Gasteiger partial charge in [0, 0.05) is 35.1 Å². The van der Waals surface area contributed by atoms with Crippen molar-refractivity contribution in [3.8, 4) is 45.8 Å². The third-order valence-electron chi connectivity index (χ3n) is 9.34. The first-order valence-electron chi connectivity index (χ1n) is 18.2. The second-order valence-electron chi connectivity index (χ2n) is 16.8. The number of para-hydroxylation sites is 1. The third-order valence-corrected chi connectivity index (χ3v) is 9.34. The number of nitrogens with zero attached hydrogens (tertiary/aromatic N) is 4. The van der Waals surface area contributed by atoms with Gasteiger partial charge >= 0.3 is 21.1 Å². The number of fused-ring (bicyclic) bond motifs is 3. The van der Waals surface area contributed by atoms with Gasteiger partial charge in [0.25, 0.3) is 0 Å². The van der Waals surface area contributed by atoms with Crippen LogP contribution in [0.1, 0.15) is 79.1 Å². The van der Waals surface area contributed by atoms with Gasteiger partial charge in [-0.15, -0.1) is 29.7 Å². The number of aromatic nitrogens is 4. The largest absolute Gasteiger partial charge is 2.00 e. The number of hydrogen-bond acceptors (Lipinski definition) is 5. The Balaban J connectivity index is 0.00000514. The van der Waals surface area contributed by atoms with Crippen molar-refractivity contribution in [1.29, 1.82) is 0 Å². The van der Waals surface area contributed by atoms with Crippen molar-refractivity contribution in [2.24, 2.45) is 0 Å². The fourth-order valence-electron chi connectivity index (χ4n) is 6.72. The predicted molar refractivity (Wildman–Crippen MR) is 214 cm³/mol. The molecule has 0 radical (unpaired) electrons. The zero-order valence-electron chi connectivity index (χ0n) is 33.3. The molecule has 0 atom stereocenters. The van der Waals surface area contributed by atoms with E-state index in [0.29, 0.717) is 28.9 Å². The average molecular weight is 918 g/mol. The standard InChI is InChI=1S/C46H47FN4O3.Pt/c1-28-42(29-20-30(44(2,3)4)22-31(21-29)45(5,6)7)43(52-11)51(49-28)33-23-32(47)24-36(25-33)53-34-16-17-38-37-14-12-13-15-39(37)50(40(38)26-34)41-27-35(18-19-48-41)54-46(8,9)10;/h12-24,27H,1-11H3;/q-2;+2. The Bertz CT molecular complexity index is 2500. The van der Waals surface area contributed by atoms with Crippen LogP contribution < -0.4 is 14.2 Å². The maximum atomic E-state index is 15.5. The SMILES string of the molecule is COc1c(-c2cc(C(C)(C)C)cc(C(C)(C)C)c2)c(C)nn1-c1[c-]c(Oc2[c-]c3c(cc2)c2ccccc2n3-c2cc(OC(C)(C)C)ccn2)cc(F)c1.[Pt+2]. The first kappa shape index (κ1) is 39.7. The topological polar surface area (TPSA) is 63.3 Å². The van der Waals surface area contributed by atoms with Gasteiger partial charge in [-0.2, -0.15) is 11.2 Å². The van der Waals surface area contributed by atoms with Gasteiger partial charge in [0.15, 0.2) is 0 Å². The van der Waals surface area contributed by atoms with Crippen LogP contribution in [0.3, 0.4) is 0 Å². The van der Waals surface area contributed by atoms with Gasteiger partial charge < -0.3 is 18.8 Å². The van der Waals surface area contributed by atoms with Crippen LogP contribution in [0.15, 0.2) is 85.1 Å². The van der Waals surface area contributed by atoms with Crippen LogP contribution >= 0.6 is 0 Å². The van der Waals surface area contributed by atoms with Crippen molar-refractivity contribution < 1.29 is 39.7 Å². The Labute approximate surface area is 337 Å². The normalized spacial score (nSPS) is 12.2. The van der Waals surface area contributed by atoms with E-state index in [4.69, 9.17) is 24.3 Å². The van der Waals surface area contributed by atoms with Crippen LogP contribution in [0.4, 0.5) is 4.39 Å². The van der Waals surface area contributed by atoms with Gasteiger partial charge in [0.1, 0.15) is 17.2 Å². The zero-order chi connectivity index (χ0) is 38.7. The Morgan fingerprint density at radius 1 is 0.745 bits per heavy atom.